The van der Waals surface area contributed by atoms with Crippen LogP contribution in [-0.4, -0.2) is 58.7 Å². The Bertz CT molecular complexity index is 683. The molecule has 1 N–H and O–H groups in total. The standard InChI is InChI=1S/C17H25N7O.HI/c1-3-14-12-15(25-22-14)13-21-16(18-4-2)23-8-10-24(11-9-23)17-19-6-5-7-20-17;/h5-7,12H,3-4,8-11,13H2,1-2H3,(H,18,21);1H. The first-order valence-electron chi connectivity index (χ1n) is 8.79. The van der Waals surface area contributed by atoms with E-state index in [1.54, 1.807) is 12.4 Å². The van der Waals surface area contributed by atoms with Crippen molar-refractivity contribution in [3.8, 4) is 0 Å². The fourth-order valence-corrected chi connectivity index (χ4v) is 2.75. The van der Waals surface area contributed by atoms with Crippen molar-refractivity contribution < 1.29 is 4.52 Å². The van der Waals surface area contributed by atoms with Crippen LogP contribution in [0.1, 0.15) is 25.3 Å². The van der Waals surface area contributed by atoms with Gasteiger partial charge in [-0.1, -0.05) is 12.1 Å². The van der Waals surface area contributed by atoms with Gasteiger partial charge in [0.05, 0.1) is 5.69 Å². The molecule has 2 aromatic rings. The Labute approximate surface area is 171 Å². The molecule has 26 heavy (non-hydrogen) atoms. The van der Waals surface area contributed by atoms with E-state index in [-0.39, 0.29) is 24.0 Å². The van der Waals surface area contributed by atoms with Gasteiger partial charge in [0, 0.05) is 51.2 Å². The maximum atomic E-state index is 5.32. The summed E-state index contributed by atoms with van der Waals surface area (Å²) in [6.07, 6.45) is 4.43. The van der Waals surface area contributed by atoms with E-state index in [4.69, 9.17) is 9.52 Å². The molecule has 0 aliphatic carbocycles. The number of guanidine groups is 1. The molecule has 1 fully saturated rings. The van der Waals surface area contributed by atoms with Crippen LogP contribution < -0.4 is 10.2 Å². The number of rotatable bonds is 5. The Morgan fingerprint density at radius 1 is 1.19 bits per heavy atom. The Kier molecular flexibility index (Phi) is 8.07. The van der Waals surface area contributed by atoms with Gasteiger partial charge >= 0.3 is 0 Å². The van der Waals surface area contributed by atoms with E-state index in [1.807, 2.05) is 12.1 Å². The molecule has 0 amide bonds. The summed E-state index contributed by atoms with van der Waals surface area (Å²) in [6, 6.07) is 3.81. The average Bonchev–Trinajstić information content (AvgIpc) is 3.14. The normalized spacial score (nSPS) is 14.9. The molecular formula is C17H26IN7O. The number of hydrogen-bond acceptors (Lipinski definition) is 6. The summed E-state index contributed by atoms with van der Waals surface area (Å²) in [6.45, 7) is 8.96. The van der Waals surface area contributed by atoms with Crippen LogP contribution in [0.2, 0.25) is 0 Å². The maximum absolute atomic E-state index is 5.32. The predicted molar refractivity (Wildman–Crippen MR) is 112 cm³/mol. The van der Waals surface area contributed by atoms with Crippen LogP contribution in [-0.2, 0) is 13.0 Å². The molecule has 0 atom stereocenters. The lowest BCUT2D eigenvalue weighted by Crippen LogP contribution is -2.52. The second-order valence-corrected chi connectivity index (χ2v) is 5.83. The number of nitrogens with one attached hydrogen (secondary N) is 1. The van der Waals surface area contributed by atoms with Crippen LogP contribution in [0.15, 0.2) is 34.0 Å². The molecule has 142 valence electrons. The third kappa shape index (κ3) is 5.29. The fraction of sp³-hybridized carbons (Fsp3) is 0.529. The van der Waals surface area contributed by atoms with Crippen molar-refractivity contribution in [2.75, 3.05) is 37.6 Å². The zero-order valence-electron chi connectivity index (χ0n) is 15.3. The third-order valence-electron chi connectivity index (χ3n) is 4.10. The Balaban J connectivity index is 0.00000243. The van der Waals surface area contributed by atoms with Gasteiger partial charge in [0.25, 0.3) is 0 Å². The molecule has 1 aliphatic rings. The third-order valence-corrected chi connectivity index (χ3v) is 4.10. The minimum Gasteiger partial charge on any atom is -0.359 e. The molecule has 2 aromatic heterocycles. The summed E-state index contributed by atoms with van der Waals surface area (Å²) in [5.74, 6) is 2.49. The molecule has 0 saturated carbocycles. The molecule has 8 nitrogen and oxygen atoms in total. The molecule has 0 aromatic carbocycles. The highest BCUT2D eigenvalue weighted by atomic mass is 127. The van der Waals surface area contributed by atoms with Crippen LogP contribution in [0.4, 0.5) is 5.95 Å². The van der Waals surface area contributed by atoms with Gasteiger partial charge in [-0.15, -0.1) is 24.0 Å². The van der Waals surface area contributed by atoms with Crippen molar-refractivity contribution in [2.45, 2.75) is 26.8 Å². The Morgan fingerprint density at radius 2 is 1.92 bits per heavy atom. The number of piperazine rings is 1. The van der Waals surface area contributed by atoms with Crippen molar-refractivity contribution in [1.29, 1.82) is 0 Å². The molecule has 0 bridgehead atoms. The van der Waals surface area contributed by atoms with Gasteiger partial charge in [-0.2, -0.15) is 0 Å². The van der Waals surface area contributed by atoms with Gasteiger partial charge in [0.15, 0.2) is 11.7 Å². The van der Waals surface area contributed by atoms with Crippen LogP contribution in [0.3, 0.4) is 0 Å². The van der Waals surface area contributed by atoms with Crippen molar-refractivity contribution in [1.82, 2.24) is 25.3 Å². The monoisotopic (exact) mass is 471 g/mol. The Morgan fingerprint density at radius 3 is 2.54 bits per heavy atom. The number of nitrogens with zero attached hydrogens (tertiary/aromatic N) is 6. The topological polar surface area (TPSA) is 82.7 Å². The molecule has 3 rings (SSSR count). The highest BCUT2D eigenvalue weighted by molar-refractivity contribution is 14.0. The largest absolute Gasteiger partial charge is 0.359 e. The van der Waals surface area contributed by atoms with E-state index in [1.165, 1.54) is 0 Å². The van der Waals surface area contributed by atoms with E-state index in [2.05, 4.69) is 44.1 Å². The first kappa shape index (κ1) is 20.4. The molecule has 1 aliphatic heterocycles. The number of aliphatic imine (C=N–C) groups is 1. The summed E-state index contributed by atoms with van der Waals surface area (Å²) < 4.78 is 5.32. The smallest absolute Gasteiger partial charge is 0.225 e. The quantitative estimate of drug-likeness (QED) is 0.406. The van der Waals surface area contributed by atoms with Crippen LogP contribution in [0, 0.1) is 0 Å². The van der Waals surface area contributed by atoms with E-state index < -0.39 is 0 Å². The number of halogens is 1. The fourth-order valence-electron chi connectivity index (χ4n) is 2.75. The first-order chi connectivity index (χ1) is 12.3. The van der Waals surface area contributed by atoms with Crippen molar-refractivity contribution in [2.24, 2.45) is 4.99 Å². The number of anilines is 1. The van der Waals surface area contributed by atoms with Gasteiger partial charge in [0.1, 0.15) is 6.54 Å². The molecular weight excluding hydrogens is 445 g/mol. The van der Waals surface area contributed by atoms with Gasteiger partial charge in [0.2, 0.25) is 5.95 Å². The van der Waals surface area contributed by atoms with Crippen LogP contribution >= 0.6 is 24.0 Å². The summed E-state index contributed by atoms with van der Waals surface area (Å²) in [5.41, 5.74) is 0.965. The van der Waals surface area contributed by atoms with Crippen LogP contribution in [0.25, 0.3) is 0 Å². The van der Waals surface area contributed by atoms with Crippen molar-refractivity contribution >= 4 is 35.9 Å². The number of hydrogen-bond donors (Lipinski definition) is 1. The SMILES string of the molecule is CCNC(=NCc1cc(CC)no1)N1CCN(c2ncccn2)CC1.I. The van der Waals surface area contributed by atoms with Gasteiger partial charge in [-0.3, -0.25) is 0 Å². The van der Waals surface area contributed by atoms with Gasteiger partial charge in [-0.05, 0) is 19.4 Å². The molecule has 0 radical (unpaired) electrons. The van der Waals surface area contributed by atoms with E-state index in [0.717, 1.165) is 62.5 Å². The zero-order valence-corrected chi connectivity index (χ0v) is 17.6. The molecule has 3 heterocycles. The first-order valence-corrected chi connectivity index (χ1v) is 8.79. The summed E-state index contributed by atoms with van der Waals surface area (Å²) in [5, 5.41) is 7.38. The molecule has 9 heteroatoms. The highest BCUT2D eigenvalue weighted by Crippen LogP contribution is 2.11. The number of aromatic nitrogens is 3. The molecule has 1 saturated heterocycles. The zero-order chi connectivity index (χ0) is 17.5. The maximum Gasteiger partial charge on any atom is 0.225 e. The van der Waals surface area contributed by atoms with Crippen molar-refractivity contribution in [3.63, 3.8) is 0 Å². The second-order valence-electron chi connectivity index (χ2n) is 5.83. The molecule has 0 unspecified atom stereocenters. The number of aryl methyl sites for hydroxylation is 1. The van der Waals surface area contributed by atoms with E-state index in [9.17, 15) is 0 Å². The lowest BCUT2D eigenvalue weighted by Gasteiger charge is -2.36. The van der Waals surface area contributed by atoms with Gasteiger partial charge in [-0.25, -0.2) is 15.0 Å². The Hall–Kier alpha value is -1.91. The van der Waals surface area contributed by atoms with E-state index in [0.29, 0.717) is 6.54 Å². The minimum atomic E-state index is 0. The highest BCUT2D eigenvalue weighted by Gasteiger charge is 2.21. The van der Waals surface area contributed by atoms with Gasteiger partial charge < -0.3 is 19.6 Å². The van der Waals surface area contributed by atoms with Crippen LogP contribution in [0.5, 0.6) is 0 Å². The summed E-state index contributed by atoms with van der Waals surface area (Å²) in [4.78, 5) is 17.8. The van der Waals surface area contributed by atoms with Crippen molar-refractivity contribution in [3.05, 3.63) is 36.0 Å². The summed E-state index contributed by atoms with van der Waals surface area (Å²) >= 11 is 0. The average molecular weight is 471 g/mol. The van der Waals surface area contributed by atoms with E-state index >= 15 is 0 Å². The predicted octanol–water partition coefficient (Wildman–Crippen LogP) is 1.93. The molecule has 0 spiro atoms. The minimum absolute atomic E-state index is 0. The lowest BCUT2D eigenvalue weighted by molar-refractivity contribution is 0.363. The lowest BCUT2D eigenvalue weighted by atomic mass is 10.3. The second kappa shape index (κ2) is 10.3. The summed E-state index contributed by atoms with van der Waals surface area (Å²) in [7, 11) is 0.